The first-order valence-electron chi connectivity index (χ1n) is 7.52. The van der Waals surface area contributed by atoms with Crippen LogP contribution in [0.1, 0.15) is 23.1 Å². The Morgan fingerprint density at radius 2 is 2.00 bits per heavy atom. The van der Waals surface area contributed by atoms with Crippen LogP contribution in [0.25, 0.3) is 0 Å². The van der Waals surface area contributed by atoms with Gasteiger partial charge in [0.05, 0.1) is 13.2 Å². The van der Waals surface area contributed by atoms with E-state index in [1.165, 1.54) is 5.56 Å². The molecule has 1 aliphatic heterocycles. The molecule has 0 bridgehead atoms. The fourth-order valence-electron chi connectivity index (χ4n) is 2.43. The van der Waals surface area contributed by atoms with Crippen molar-refractivity contribution in [2.24, 2.45) is 4.99 Å². The summed E-state index contributed by atoms with van der Waals surface area (Å²) in [5.41, 5.74) is 3.47. The minimum absolute atomic E-state index is 0.600. The summed E-state index contributed by atoms with van der Waals surface area (Å²) < 4.78 is 6.93. The van der Waals surface area contributed by atoms with Gasteiger partial charge in [0.1, 0.15) is 5.84 Å². The fraction of sp³-hybridized carbons (Fsp3) is 0.278. The fourth-order valence-corrected chi connectivity index (χ4v) is 2.83. The van der Waals surface area contributed by atoms with Crippen LogP contribution < -0.4 is 5.32 Å². The van der Waals surface area contributed by atoms with E-state index in [1.807, 2.05) is 18.2 Å². The minimum atomic E-state index is 0.600. The normalized spacial score (nSPS) is 14.3. The van der Waals surface area contributed by atoms with Crippen LogP contribution in [0.2, 0.25) is 0 Å². The second-order valence-electron chi connectivity index (χ2n) is 5.30. The molecule has 1 aliphatic rings. The highest BCUT2D eigenvalue weighted by Crippen LogP contribution is 2.17. The van der Waals surface area contributed by atoms with Gasteiger partial charge in [-0.25, -0.2) is 0 Å². The number of hydrogen-bond acceptors (Lipinski definition) is 3. The van der Waals surface area contributed by atoms with Crippen LogP contribution in [0.3, 0.4) is 0 Å². The molecule has 0 spiro atoms. The highest BCUT2D eigenvalue weighted by Gasteiger charge is 2.07. The first kappa shape index (κ1) is 15.3. The Hall–Kier alpha value is -1.65. The lowest BCUT2D eigenvalue weighted by molar-refractivity contribution is 0.107. The summed E-state index contributed by atoms with van der Waals surface area (Å²) in [4.78, 5) is 4.54. The summed E-state index contributed by atoms with van der Waals surface area (Å²) in [5.74, 6) is 0.999. The largest absolute Gasteiger partial charge is 0.372 e. The zero-order chi connectivity index (χ0) is 15.2. The van der Waals surface area contributed by atoms with Gasteiger partial charge in [0.25, 0.3) is 0 Å². The number of halogens is 1. The van der Waals surface area contributed by atoms with Crippen molar-refractivity contribution in [3.8, 4) is 0 Å². The van der Waals surface area contributed by atoms with Crippen molar-refractivity contribution in [2.75, 3.05) is 13.1 Å². The smallest absolute Gasteiger partial charge is 0.128 e. The number of nitrogens with zero attached hydrogens (tertiary/aromatic N) is 1. The maximum Gasteiger partial charge on any atom is 0.128 e. The van der Waals surface area contributed by atoms with Gasteiger partial charge >= 0.3 is 0 Å². The molecule has 1 heterocycles. The zero-order valence-electron chi connectivity index (χ0n) is 12.4. The Bertz CT molecular complexity index is 670. The molecule has 2 aromatic rings. The minimum Gasteiger partial charge on any atom is -0.372 e. The Morgan fingerprint density at radius 3 is 2.82 bits per heavy atom. The third-order valence-electron chi connectivity index (χ3n) is 3.58. The maximum atomic E-state index is 5.84. The van der Waals surface area contributed by atoms with E-state index in [0.29, 0.717) is 13.2 Å². The SMILES string of the molecule is Brc1ccccc1COCc1cccc(C2=NCCCN2)c1. The van der Waals surface area contributed by atoms with E-state index < -0.39 is 0 Å². The number of benzene rings is 2. The molecule has 0 unspecified atom stereocenters. The van der Waals surface area contributed by atoms with Gasteiger partial charge in [-0.2, -0.15) is 0 Å². The second-order valence-corrected chi connectivity index (χ2v) is 6.15. The molecule has 0 saturated carbocycles. The number of ether oxygens (including phenoxy) is 1. The van der Waals surface area contributed by atoms with E-state index in [2.05, 4.69) is 56.6 Å². The molecule has 0 radical (unpaired) electrons. The highest BCUT2D eigenvalue weighted by molar-refractivity contribution is 9.10. The monoisotopic (exact) mass is 358 g/mol. The predicted molar refractivity (Wildman–Crippen MR) is 93.1 cm³/mol. The van der Waals surface area contributed by atoms with E-state index in [1.54, 1.807) is 0 Å². The van der Waals surface area contributed by atoms with Crippen molar-refractivity contribution >= 4 is 21.8 Å². The molecular weight excluding hydrogens is 340 g/mol. The molecule has 2 aromatic carbocycles. The summed E-state index contributed by atoms with van der Waals surface area (Å²) in [6, 6.07) is 16.5. The van der Waals surface area contributed by atoms with Crippen molar-refractivity contribution in [1.29, 1.82) is 0 Å². The van der Waals surface area contributed by atoms with Gasteiger partial charge in [0, 0.05) is 23.1 Å². The van der Waals surface area contributed by atoms with Gasteiger partial charge < -0.3 is 10.1 Å². The molecule has 22 heavy (non-hydrogen) atoms. The lowest BCUT2D eigenvalue weighted by Gasteiger charge is -2.15. The third kappa shape index (κ3) is 3.96. The molecule has 114 valence electrons. The van der Waals surface area contributed by atoms with Gasteiger partial charge in [-0.1, -0.05) is 52.3 Å². The van der Waals surface area contributed by atoms with Gasteiger partial charge in [-0.05, 0) is 29.7 Å². The van der Waals surface area contributed by atoms with Gasteiger partial charge in [-0.3, -0.25) is 4.99 Å². The third-order valence-corrected chi connectivity index (χ3v) is 4.36. The van der Waals surface area contributed by atoms with Crippen LogP contribution in [-0.2, 0) is 18.0 Å². The molecule has 0 amide bonds. The number of rotatable bonds is 5. The standard InChI is InChI=1S/C18H19BrN2O/c19-17-8-2-1-6-16(17)13-22-12-14-5-3-7-15(11-14)18-20-9-4-10-21-18/h1-3,5-8,11H,4,9-10,12-13H2,(H,20,21). The van der Waals surface area contributed by atoms with Crippen LogP contribution >= 0.6 is 15.9 Å². The Morgan fingerprint density at radius 1 is 1.09 bits per heavy atom. The van der Waals surface area contributed by atoms with Crippen molar-refractivity contribution < 1.29 is 4.74 Å². The van der Waals surface area contributed by atoms with Crippen LogP contribution in [0.4, 0.5) is 0 Å². The van der Waals surface area contributed by atoms with Crippen LogP contribution in [0.5, 0.6) is 0 Å². The average Bonchev–Trinajstić information content (AvgIpc) is 2.58. The number of nitrogens with one attached hydrogen (secondary N) is 1. The van der Waals surface area contributed by atoms with E-state index in [-0.39, 0.29) is 0 Å². The Balaban J connectivity index is 1.61. The number of hydrogen-bond donors (Lipinski definition) is 1. The molecular formula is C18H19BrN2O. The second kappa shape index (κ2) is 7.56. The Kier molecular flexibility index (Phi) is 5.24. The molecule has 0 aliphatic carbocycles. The summed E-state index contributed by atoms with van der Waals surface area (Å²) >= 11 is 3.54. The highest BCUT2D eigenvalue weighted by atomic mass is 79.9. The lowest BCUT2D eigenvalue weighted by atomic mass is 10.1. The van der Waals surface area contributed by atoms with Gasteiger partial charge in [0.2, 0.25) is 0 Å². The molecule has 0 aromatic heterocycles. The summed E-state index contributed by atoms with van der Waals surface area (Å²) in [7, 11) is 0. The molecule has 3 rings (SSSR count). The number of aliphatic imine (C=N–C) groups is 1. The zero-order valence-corrected chi connectivity index (χ0v) is 14.0. The van der Waals surface area contributed by atoms with Crippen molar-refractivity contribution in [2.45, 2.75) is 19.6 Å². The van der Waals surface area contributed by atoms with E-state index >= 15 is 0 Å². The number of amidine groups is 1. The molecule has 0 saturated heterocycles. The van der Waals surface area contributed by atoms with E-state index in [4.69, 9.17) is 4.74 Å². The van der Waals surface area contributed by atoms with Gasteiger partial charge in [0.15, 0.2) is 0 Å². The topological polar surface area (TPSA) is 33.6 Å². The first-order valence-corrected chi connectivity index (χ1v) is 8.31. The molecule has 1 N–H and O–H groups in total. The average molecular weight is 359 g/mol. The molecule has 4 heteroatoms. The lowest BCUT2D eigenvalue weighted by Crippen LogP contribution is -2.30. The maximum absolute atomic E-state index is 5.84. The summed E-state index contributed by atoms with van der Waals surface area (Å²) in [6.07, 6.45) is 1.11. The molecule has 3 nitrogen and oxygen atoms in total. The predicted octanol–water partition coefficient (Wildman–Crippen LogP) is 3.91. The molecule has 0 atom stereocenters. The summed E-state index contributed by atoms with van der Waals surface area (Å²) in [6.45, 7) is 3.11. The van der Waals surface area contributed by atoms with E-state index in [9.17, 15) is 0 Å². The quantitative estimate of drug-likeness (QED) is 0.878. The van der Waals surface area contributed by atoms with Crippen molar-refractivity contribution in [3.63, 3.8) is 0 Å². The van der Waals surface area contributed by atoms with E-state index in [0.717, 1.165) is 40.9 Å². The van der Waals surface area contributed by atoms with Crippen LogP contribution in [-0.4, -0.2) is 18.9 Å². The van der Waals surface area contributed by atoms with Gasteiger partial charge in [-0.15, -0.1) is 0 Å². The van der Waals surface area contributed by atoms with Crippen molar-refractivity contribution in [3.05, 3.63) is 69.7 Å². The van der Waals surface area contributed by atoms with Crippen LogP contribution in [0.15, 0.2) is 58.0 Å². The first-order chi connectivity index (χ1) is 10.8. The molecule has 0 fully saturated rings. The summed E-state index contributed by atoms with van der Waals surface area (Å²) in [5, 5.41) is 3.35. The van der Waals surface area contributed by atoms with Crippen molar-refractivity contribution in [1.82, 2.24) is 5.32 Å². The van der Waals surface area contributed by atoms with Crippen LogP contribution in [0, 0.1) is 0 Å². The Labute approximate surface area is 139 Å².